The quantitative estimate of drug-likeness (QED) is 0.317. The monoisotopic (exact) mass is 409 g/mol. The maximum Gasteiger partial charge on any atom is 0.193 e. The van der Waals surface area contributed by atoms with Gasteiger partial charge in [-0.3, -0.25) is 4.99 Å². The van der Waals surface area contributed by atoms with Crippen molar-refractivity contribution in [2.75, 3.05) is 39.9 Å². The molecular weight excluding hydrogens is 377 g/mol. The van der Waals surface area contributed by atoms with Gasteiger partial charge in [0.15, 0.2) is 5.96 Å². The van der Waals surface area contributed by atoms with E-state index in [0.29, 0.717) is 5.41 Å². The fraction of sp³-hybridized carbons (Fsp3) is 0.938. The Hall–Kier alpha value is -0.0400. The lowest BCUT2D eigenvalue weighted by Crippen LogP contribution is -2.42. The third kappa shape index (κ3) is 5.58. The molecule has 0 bridgehead atoms. The summed E-state index contributed by atoms with van der Waals surface area (Å²) in [5.41, 5.74) is 0.606. The van der Waals surface area contributed by atoms with E-state index in [1.165, 1.54) is 45.1 Å². The molecular formula is C16H32IN3O. The molecule has 124 valence electrons. The first kappa shape index (κ1) is 19.0. The van der Waals surface area contributed by atoms with Crippen molar-refractivity contribution >= 4 is 29.9 Å². The summed E-state index contributed by atoms with van der Waals surface area (Å²) in [7, 11) is 1.89. The zero-order valence-electron chi connectivity index (χ0n) is 13.7. The van der Waals surface area contributed by atoms with Gasteiger partial charge in [0.05, 0.1) is 6.61 Å². The number of hydrogen-bond acceptors (Lipinski definition) is 2. The molecule has 0 aromatic rings. The van der Waals surface area contributed by atoms with E-state index in [1.54, 1.807) is 0 Å². The second kappa shape index (κ2) is 9.87. The molecule has 0 amide bonds. The second-order valence-corrected chi connectivity index (χ2v) is 6.32. The highest BCUT2D eigenvalue weighted by molar-refractivity contribution is 14.0. The lowest BCUT2D eigenvalue weighted by atomic mass is 9.86. The van der Waals surface area contributed by atoms with Crippen LogP contribution in [0.25, 0.3) is 0 Å². The van der Waals surface area contributed by atoms with Crippen LogP contribution in [0.2, 0.25) is 0 Å². The number of nitrogens with one attached hydrogen (secondary N) is 1. The summed E-state index contributed by atoms with van der Waals surface area (Å²) in [4.78, 5) is 6.88. The highest BCUT2D eigenvalue weighted by Crippen LogP contribution is 2.45. The molecule has 21 heavy (non-hydrogen) atoms. The molecule has 1 spiro atoms. The Labute approximate surface area is 147 Å². The molecule has 4 nitrogen and oxygen atoms in total. The third-order valence-electron chi connectivity index (χ3n) is 4.79. The summed E-state index contributed by atoms with van der Waals surface area (Å²) in [6, 6.07) is 0. The molecule has 0 atom stereocenters. The van der Waals surface area contributed by atoms with Crippen LogP contribution in [-0.2, 0) is 4.74 Å². The van der Waals surface area contributed by atoms with Gasteiger partial charge in [0, 0.05) is 33.3 Å². The zero-order chi connectivity index (χ0) is 14.3. The topological polar surface area (TPSA) is 36.9 Å². The Kier molecular flexibility index (Phi) is 8.94. The van der Waals surface area contributed by atoms with Crippen LogP contribution in [0, 0.1) is 5.41 Å². The predicted octanol–water partition coefficient (Wildman–Crippen LogP) is 3.26. The molecule has 0 aromatic carbocycles. The predicted molar refractivity (Wildman–Crippen MR) is 99.6 cm³/mol. The zero-order valence-corrected chi connectivity index (χ0v) is 16.0. The van der Waals surface area contributed by atoms with Crippen LogP contribution < -0.4 is 5.32 Å². The smallest absolute Gasteiger partial charge is 0.193 e. The number of nitrogens with zero attached hydrogens (tertiary/aromatic N) is 2. The van der Waals surface area contributed by atoms with E-state index in [-0.39, 0.29) is 24.0 Å². The summed E-state index contributed by atoms with van der Waals surface area (Å²) in [5, 5.41) is 3.45. The van der Waals surface area contributed by atoms with Crippen molar-refractivity contribution < 1.29 is 4.74 Å². The van der Waals surface area contributed by atoms with Gasteiger partial charge in [-0.05, 0) is 31.1 Å². The standard InChI is InChI=1S/C16H31N3O.HI/c1-3-4-12-20-13-10-18-15(17-2)19-11-9-16(14-19)7-5-6-8-16;/h3-14H2,1-2H3,(H,17,18);1H. The van der Waals surface area contributed by atoms with E-state index in [9.17, 15) is 0 Å². The number of ether oxygens (including phenoxy) is 1. The normalized spacial score (nSPS) is 20.9. The fourth-order valence-electron chi connectivity index (χ4n) is 3.56. The van der Waals surface area contributed by atoms with E-state index in [0.717, 1.165) is 38.7 Å². The highest BCUT2D eigenvalue weighted by Gasteiger charge is 2.40. The minimum atomic E-state index is 0. The molecule has 2 aliphatic rings. The van der Waals surface area contributed by atoms with Crippen molar-refractivity contribution in [3.8, 4) is 0 Å². The van der Waals surface area contributed by atoms with Crippen LogP contribution in [0.4, 0.5) is 0 Å². The Morgan fingerprint density at radius 2 is 2.00 bits per heavy atom. The Morgan fingerprint density at radius 3 is 2.67 bits per heavy atom. The molecule has 0 radical (unpaired) electrons. The van der Waals surface area contributed by atoms with Crippen LogP contribution in [0.3, 0.4) is 0 Å². The lowest BCUT2D eigenvalue weighted by molar-refractivity contribution is 0.135. The summed E-state index contributed by atoms with van der Waals surface area (Å²) < 4.78 is 5.59. The maximum absolute atomic E-state index is 5.59. The van der Waals surface area contributed by atoms with Crippen molar-refractivity contribution in [3.63, 3.8) is 0 Å². The summed E-state index contributed by atoms with van der Waals surface area (Å²) in [6.45, 7) is 7.07. The molecule has 1 heterocycles. The Balaban J connectivity index is 0.00000220. The highest BCUT2D eigenvalue weighted by atomic mass is 127. The van der Waals surface area contributed by atoms with Gasteiger partial charge < -0.3 is 15.0 Å². The van der Waals surface area contributed by atoms with Crippen molar-refractivity contribution in [1.82, 2.24) is 10.2 Å². The number of aliphatic imine (C=N–C) groups is 1. The minimum absolute atomic E-state index is 0. The van der Waals surface area contributed by atoms with E-state index in [4.69, 9.17) is 4.74 Å². The van der Waals surface area contributed by atoms with Crippen molar-refractivity contribution in [1.29, 1.82) is 0 Å². The second-order valence-electron chi connectivity index (χ2n) is 6.32. The molecule has 1 aliphatic heterocycles. The molecule has 0 unspecified atom stereocenters. The van der Waals surface area contributed by atoms with Crippen molar-refractivity contribution in [2.45, 2.75) is 51.9 Å². The van der Waals surface area contributed by atoms with Gasteiger partial charge in [-0.15, -0.1) is 24.0 Å². The van der Waals surface area contributed by atoms with Crippen molar-refractivity contribution in [2.24, 2.45) is 10.4 Å². The van der Waals surface area contributed by atoms with E-state index in [1.807, 2.05) is 7.05 Å². The first-order chi connectivity index (χ1) is 9.79. The minimum Gasteiger partial charge on any atom is -0.380 e. The molecule has 1 N–H and O–H groups in total. The van der Waals surface area contributed by atoms with Crippen LogP contribution in [-0.4, -0.2) is 50.8 Å². The molecule has 1 saturated carbocycles. The molecule has 1 aliphatic carbocycles. The average molecular weight is 409 g/mol. The van der Waals surface area contributed by atoms with Crippen LogP contribution in [0.15, 0.2) is 4.99 Å². The third-order valence-corrected chi connectivity index (χ3v) is 4.79. The molecule has 2 rings (SSSR count). The average Bonchev–Trinajstić information content (AvgIpc) is 3.09. The molecule has 0 aromatic heterocycles. The van der Waals surface area contributed by atoms with Crippen LogP contribution in [0.1, 0.15) is 51.9 Å². The van der Waals surface area contributed by atoms with Gasteiger partial charge in [-0.1, -0.05) is 26.2 Å². The van der Waals surface area contributed by atoms with Gasteiger partial charge in [0.2, 0.25) is 0 Å². The molecule has 2 fully saturated rings. The number of rotatable bonds is 6. The SMILES string of the molecule is CCCCOCCNC(=NC)N1CCC2(CCCC2)C1.I. The molecule has 1 saturated heterocycles. The molecule has 5 heteroatoms. The maximum atomic E-state index is 5.59. The number of hydrogen-bond donors (Lipinski definition) is 1. The van der Waals surface area contributed by atoms with E-state index < -0.39 is 0 Å². The largest absolute Gasteiger partial charge is 0.380 e. The Morgan fingerprint density at radius 1 is 1.24 bits per heavy atom. The fourth-order valence-corrected chi connectivity index (χ4v) is 3.56. The summed E-state index contributed by atoms with van der Waals surface area (Å²) >= 11 is 0. The number of likely N-dealkylation sites (tertiary alicyclic amines) is 1. The van der Waals surface area contributed by atoms with Gasteiger partial charge in [0.25, 0.3) is 0 Å². The van der Waals surface area contributed by atoms with E-state index >= 15 is 0 Å². The van der Waals surface area contributed by atoms with Crippen LogP contribution in [0.5, 0.6) is 0 Å². The first-order valence-electron chi connectivity index (χ1n) is 8.33. The van der Waals surface area contributed by atoms with Crippen molar-refractivity contribution in [3.05, 3.63) is 0 Å². The summed E-state index contributed by atoms with van der Waals surface area (Å²) in [6.07, 6.45) is 9.38. The van der Waals surface area contributed by atoms with Crippen LogP contribution >= 0.6 is 24.0 Å². The lowest BCUT2D eigenvalue weighted by Gasteiger charge is -2.25. The number of halogens is 1. The van der Waals surface area contributed by atoms with Gasteiger partial charge in [0.1, 0.15) is 0 Å². The van der Waals surface area contributed by atoms with Gasteiger partial charge in [-0.2, -0.15) is 0 Å². The first-order valence-corrected chi connectivity index (χ1v) is 8.33. The number of guanidine groups is 1. The van der Waals surface area contributed by atoms with E-state index in [2.05, 4.69) is 22.1 Å². The summed E-state index contributed by atoms with van der Waals surface area (Å²) in [5.74, 6) is 1.06. The van der Waals surface area contributed by atoms with Gasteiger partial charge in [-0.25, -0.2) is 0 Å². The van der Waals surface area contributed by atoms with Gasteiger partial charge >= 0.3 is 0 Å². The number of unbranched alkanes of at least 4 members (excludes halogenated alkanes) is 1. The Bertz CT molecular complexity index is 317.